The van der Waals surface area contributed by atoms with E-state index < -0.39 is 12.0 Å². The molecule has 0 saturated carbocycles. The van der Waals surface area contributed by atoms with Crippen LogP contribution in [0.4, 0.5) is 5.69 Å². The SMILES string of the molecule is CCOC(=O)C1=C(C)N(CC)C(=S)NC1c1cccc(NC(=O)c2cccc(Cl)c2)c1. The van der Waals surface area contributed by atoms with Gasteiger partial charge in [0.25, 0.3) is 5.91 Å². The smallest absolute Gasteiger partial charge is 0.338 e. The molecule has 1 atom stereocenters. The first kappa shape index (κ1) is 22.8. The quantitative estimate of drug-likeness (QED) is 0.484. The number of carbonyl (C=O) groups is 2. The molecule has 2 aromatic carbocycles. The summed E-state index contributed by atoms with van der Waals surface area (Å²) < 4.78 is 5.31. The molecular weight excluding hydrogens is 434 g/mol. The number of esters is 1. The lowest BCUT2D eigenvalue weighted by Crippen LogP contribution is -2.47. The summed E-state index contributed by atoms with van der Waals surface area (Å²) in [7, 11) is 0. The number of rotatable bonds is 6. The first-order valence-corrected chi connectivity index (χ1v) is 10.8. The second kappa shape index (κ2) is 9.94. The molecule has 0 aromatic heterocycles. The number of anilines is 1. The van der Waals surface area contributed by atoms with Crippen molar-refractivity contribution in [2.45, 2.75) is 26.8 Å². The van der Waals surface area contributed by atoms with Crippen molar-refractivity contribution in [1.29, 1.82) is 0 Å². The summed E-state index contributed by atoms with van der Waals surface area (Å²) in [5.74, 6) is -0.673. The summed E-state index contributed by atoms with van der Waals surface area (Å²) in [6, 6.07) is 13.5. The van der Waals surface area contributed by atoms with Gasteiger partial charge in [0, 0.05) is 28.5 Å². The number of hydrogen-bond acceptors (Lipinski definition) is 4. The number of hydrogen-bond donors (Lipinski definition) is 2. The van der Waals surface area contributed by atoms with Crippen molar-refractivity contribution in [3.05, 3.63) is 76.0 Å². The number of benzene rings is 2. The molecule has 8 heteroatoms. The van der Waals surface area contributed by atoms with Gasteiger partial charge in [-0.1, -0.05) is 29.8 Å². The van der Waals surface area contributed by atoms with Crippen molar-refractivity contribution in [1.82, 2.24) is 10.2 Å². The number of thiocarbonyl (C=S) groups is 1. The minimum atomic E-state index is -0.489. The van der Waals surface area contributed by atoms with E-state index in [1.165, 1.54) is 0 Å². The van der Waals surface area contributed by atoms with E-state index in [-0.39, 0.29) is 12.5 Å². The van der Waals surface area contributed by atoms with E-state index in [1.54, 1.807) is 37.3 Å². The third kappa shape index (κ3) is 5.06. The zero-order chi connectivity index (χ0) is 22.5. The highest BCUT2D eigenvalue weighted by Gasteiger charge is 2.34. The monoisotopic (exact) mass is 457 g/mol. The van der Waals surface area contributed by atoms with Gasteiger partial charge in [0.2, 0.25) is 0 Å². The van der Waals surface area contributed by atoms with Gasteiger partial charge >= 0.3 is 5.97 Å². The van der Waals surface area contributed by atoms with Crippen LogP contribution in [0.15, 0.2) is 59.8 Å². The van der Waals surface area contributed by atoms with Crippen LogP contribution in [0.25, 0.3) is 0 Å². The molecule has 1 aliphatic rings. The molecule has 2 aromatic rings. The van der Waals surface area contributed by atoms with E-state index in [9.17, 15) is 9.59 Å². The van der Waals surface area contributed by atoms with Gasteiger partial charge in [-0.15, -0.1) is 0 Å². The Morgan fingerprint density at radius 3 is 2.61 bits per heavy atom. The van der Waals surface area contributed by atoms with Crippen LogP contribution in [-0.2, 0) is 9.53 Å². The Hall–Kier alpha value is -2.90. The third-order valence-corrected chi connectivity index (χ3v) is 5.55. The van der Waals surface area contributed by atoms with Crippen LogP contribution in [0.5, 0.6) is 0 Å². The topological polar surface area (TPSA) is 70.7 Å². The van der Waals surface area contributed by atoms with Gasteiger partial charge in [-0.05, 0) is 68.9 Å². The van der Waals surface area contributed by atoms with Crippen molar-refractivity contribution in [3.63, 3.8) is 0 Å². The number of carbonyl (C=O) groups excluding carboxylic acids is 2. The fourth-order valence-corrected chi connectivity index (χ4v) is 4.09. The van der Waals surface area contributed by atoms with Gasteiger partial charge in [0.15, 0.2) is 5.11 Å². The average molecular weight is 458 g/mol. The van der Waals surface area contributed by atoms with Gasteiger partial charge in [0.1, 0.15) is 0 Å². The Morgan fingerprint density at radius 2 is 1.94 bits per heavy atom. The summed E-state index contributed by atoms with van der Waals surface area (Å²) in [6.07, 6.45) is 0. The minimum absolute atomic E-state index is 0.272. The summed E-state index contributed by atoms with van der Waals surface area (Å²) in [6.45, 7) is 6.50. The Morgan fingerprint density at radius 1 is 1.19 bits per heavy atom. The lowest BCUT2D eigenvalue weighted by Gasteiger charge is -2.37. The fraction of sp³-hybridized carbons (Fsp3) is 0.261. The van der Waals surface area contributed by atoms with Crippen LogP contribution in [-0.4, -0.2) is 35.0 Å². The number of ether oxygens (including phenoxy) is 1. The van der Waals surface area contributed by atoms with E-state index in [0.29, 0.717) is 33.5 Å². The largest absolute Gasteiger partial charge is 0.463 e. The predicted octanol–water partition coefficient (Wildman–Crippen LogP) is 4.68. The average Bonchev–Trinajstić information content (AvgIpc) is 2.74. The molecule has 1 unspecified atom stereocenters. The number of nitrogens with one attached hydrogen (secondary N) is 2. The third-order valence-electron chi connectivity index (χ3n) is 4.97. The van der Waals surface area contributed by atoms with Crippen LogP contribution < -0.4 is 10.6 Å². The molecule has 0 fully saturated rings. The van der Waals surface area contributed by atoms with Crippen molar-refractivity contribution >= 4 is 46.5 Å². The maximum atomic E-state index is 12.8. The fourth-order valence-electron chi connectivity index (χ4n) is 3.51. The molecule has 6 nitrogen and oxygen atoms in total. The lowest BCUT2D eigenvalue weighted by molar-refractivity contribution is -0.139. The molecule has 1 aliphatic heterocycles. The van der Waals surface area contributed by atoms with Gasteiger partial charge in [-0.3, -0.25) is 4.79 Å². The summed E-state index contributed by atoms with van der Waals surface area (Å²) in [5.41, 5.74) is 3.08. The summed E-state index contributed by atoms with van der Waals surface area (Å²) in [4.78, 5) is 27.2. The second-order valence-electron chi connectivity index (χ2n) is 6.94. The number of amides is 1. The Balaban J connectivity index is 1.94. The van der Waals surface area contributed by atoms with Crippen LogP contribution in [0.1, 0.15) is 42.7 Å². The number of halogens is 1. The Bertz CT molecular complexity index is 1050. The van der Waals surface area contributed by atoms with Gasteiger partial charge in [-0.2, -0.15) is 0 Å². The molecular formula is C23H24ClN3O3S. The molecule has 0 spiro atoms. The molecule has 1 heterocycles. The molecule has 0 bridgehead atoms. The second-order valence-corrected chi connectivity index (χ2v) is 7.76. The molecule has 2 N–H and O–H groups in total. The Labute approximate surface area is 192 Å². The minimum Gasteiger partial charge on any atom is -0.463 e. The van der Waals surface area contributed by atoms with Gasteiger partial charge in [-0.25, -0.2) is 4.79 Å². The summed E-state index contributed by atoms with van der Waals surface area (Å²) in [5, 5.41) is 7.14. The van der Waals surface area contributed by atoms with E-state index in [2.05, 4.69) is 10.6 Å². The van der Waals surface area contributed by atoms with E-state index in [4.69, 9.17) is 28.6 Å². The van der Waals surface area contributed by atoms with Gasteiger partial charge in [0.05, 0.1) is 18.2 Å². The Kier molecular flexibility index (Phi) is 7.30. The molecule has 0 saturated heterocycles. The first-order valence-electron chi connectivity index (χ1n) is 9.98. The maximum Gasteiger partial charge on any atom is 0.338 e. The number of allylic oxidation sites excluding steroid dienone is 1. The normalized spacial score (nSPS) is 16.1. The van der Waals surface area contributed by atoms with Crippen molar-refractivity contribution in [2.24, 2.45) is 0 Å². The zero-order valence-electron chi connectivity index (χ0n) is 17.6. The summed E-state index contributed by atoms with van der Waals surface area (Å²) >= 11 is 11.5. The van der Waals surface area contributed by atoms with E-state index >= 15 is 0 Å². The predicted molar refractivity (Wildman–Crippen MR) is 126 cm³/mol. The highest BCUT2D eigenvalue weighted by molar-refractivity contribution is 7.80. The van der Waals surface area contributed by atoms with E-state index in [1.807, 2.05) is 36.9 Å². The molecule has 1 amide bonds. The van der Waals surface area contributed by atoms with Crippen LogP contribution in [0.2, 0.25) is 5.02 Å². The van der Waals surface area contributed by atoms with Gasteiger partial charge < -0.3 is 20.3 Å². The molecule has 3 rings (SSSR count). The highest BCUT2D eigenvalue weighted by atomic mass is 35.5. The van der Waals surface area contributed by atoms with Crippen LogP contribution >= 0.6 is 23.8 Å². The maximum absolute atomic E-state index is 12.8. The number of nitrogens with zero attached hydrogens (tertiary/aromatic N) is 1. The molecule has 31 heavy (non-hydrogen) atoms. The van der Waals surface area contributed by atoms with Crippen LogP contribution in [0.3, 0.4) is 0 Å². The molecule has 162 valence electrons. The standard InChI is InChI=1S/C23H24ClN3O3S/c1-4-27-14(3)19(22(29)30-5-2)20(26-23(27)31)15-8-7-11-18(13-15)25-21(28)16-9-6-10-17(24)12-16/h6-13,20H,4-5H2,1-3H3,(H,25,28)(H,26,31). The lowest BCUT2D eigenvalue weighted by atomic mass is 9.94. The van der Waals surface area contributed by atoms with E-state index in [0.717, 1.165) is 11.3 Å². The zero-order valence-corrected chi connectivity index (χ0v) is 19.1. The van der Waals surface area contributed by atoms with Crippen molar-refractivity contribution in [3.8, 4) is 0 Å². The first-order chi connectivity index (χ1) is 14.8. The van der Waals surface area contributed by atoms with Crippen molar-refractivity contribution < 1.29 is 14.3 Å². The molecule has 0 radical (unpaired) electrons. The highest BCUT2D eigenvalue weighted by Crippen LogP contribution is 2.32. The van der Waals surface area contributed by atoms with Crippen molar-refractivity contribution in [2.75, 3.05) is 18.5 Å². The molecule has 0 aliphatic carbocycles. The van der Waals surface area contributed by atoms with Crippen LogP contribution in [0, 0.1) is 0 Å².